The van der Waals surface area contributed by atoms with Crippen LogP contribution >= 0.6 is 0 Å². The predicted molar refractivity (Wildman–Crippen MR) is 77.6 cm³/mol. The van der Waals surface area contributed by atoms with Gasteiger partial charge in [-0.05, 0) is 13.0 Å². The van der Waals surface area contributed by atoms with Gasteiger partial charge in [-0.25, -0.2) is 15.0 Å². The van der Waals surface area contributed by atoms with Crippen LogP contribution in [0.25, 0.3) is 11.2 Å². The molecule has 1 N–H and O–H groups in total. The molecular formula is C14H13F3N6. The lowest BCUT2D eigenvalue weighted by Crippen LogP contribution is -2.12. The summed E-state index contributed by atoms with van der Waals surface area (Å²) in [6.07, 6.45) is 0.865. The SMILES string of the molecule is CCn1cnc2c(NCc3cnccc3C(F)(F)F)ncnc21. The maximum Gasteiger partial charge on any atom is 0.416 e. The number of pyridine rings is 1. The number of hydrogen-bond donors (Lipinski definition) is 1. The lowest BCUT2D eigenvalue weighted by atomic mass is 10.1. The molecule has 3 rings (SSSR count). The summed E-state index contributed by atoms with van der Waals surface area (Å²) < 4.78 is 40.8. The van der Waals surface area contributed by atoms with Crippen LogP contribution in [0.2, 0.25) is 0 Å². The van der Waals surface area contributed by atoms with Crippen LogP contribution < -0.4 is 5.32 Å². The van der Waals surface area contributed by atoms with Gasteiger partial charge in [-0.1, -0.05) is 0 Å². The van der Waals surface area contributed by atoms with E-state index < -0.39 is 11.7 Å². The van der Waals surface area contributed by atoms with Gasteiger partial charge >= 0.3 is 6.18 Å². The largest absolute Gasteiger partial charge is 0.416 e. The number of nitrogens with zero attached hydrogens (tertiary/aromatic N) is 5. The van der Waals surface area contributed by atoms with Crippen LogP contribution in [0.1, 0.15) is 18.1 Å². The average Bonchev–Trinajstić information content (AvgIpc) is 2.96. The van der Waals surface area contributed by atoms with Crippen molar-refractivity contribution in [3.05, 3.63) is 42.2 Å². The van der Waals surface area contributed by atoms with Crippen molar-refractivity contribution in [3.63, 3.8) is 0 Å². The van der Waals surface area contributed by atoms with Gasteiger partial charge < -0.3 is 9.88 Å². The highest BCUT2D eigenvalue weighted by molar-refractivity contribution is 5.82. The van der Waals surface area contributed by atoms with E-state index in [0.29, 0.717) is 23.5 Å². The fourth-order valence-corrected chi connectivity index (χ4v) is 2.26. The maximum absolute atomic E-state index is 13.0. The molecule has 0 spiro atoms. The molecule has 0 unspecified atom stereocenters. The number of aromatic nitrogens is 5. The van der Waals surface area contributed by atoms with E-state index in [9.17, 15) is 13.2 Å². The van der Waals surface area contributed by atoms with Crippen molar-refractivity contribution >= 4 is 17.0 Å². The van der Waals surface area contributed by atoms with E-state index in [1.165, 1.54) is 12.5 Å². The normalized spacial score (nSPS) is 11.8. The second-order valence-electron chi connectivity index (χ2n) is 4.81. The zero-order valence-corrected chi connectivity index (χ0v) is 12.2. The van der Waals surface area contributed by atoms with Gasteiger partial charge in [0.25, 0.3) is 0 Å². The molecule has 0 atom stereocenters. The molecule has 0 aliphatic heterocycles. The third kappa shape index (κ3) is 2.94. The second-order valence-corrected chi connectivity index (χ2v) is 4.81. The molecule has 6 nitrogen and oxygen atoms in total. The zero-order chi connectivity index (χ0) is 16.4. The summed E-state index contributed by atoms with van der Waals surface area (Å²) in [4.78, 5) is 16.2. The Morgan fingerprint density at radius 1 is 1.22 bits per heavy atom. The Bertz CT molecular complexity index is 827. The number of nitrogens with one attached hydrogen (secondary N) is 1. The number of hydrogen-bond acceptors (Lipinski definition) is 5. The molecule has 0 aromatic carbocycles. The Morgan fingerprint density at radius 3 is 2.78 bits per heavy atom. The fourth-order valence-electron chi connectivity index (χ4n) is 2.26. The summed E-state index contributed by atoms with van der Waals surface area (Å²) in [6, 6.07) is 0.957. The highest BCUT2D eigenvalue weighted by Crippen LogP contribution is 2.31. The molecule has 0 aliphatic rings. The average molecular weight is 322 g/mol. The van der Waals surface area contributed by atoms with Gasteiger partial charge in [0.15, 0.2) is 11.5 Å². The first-order valence-electron chi connectivity index (χ1n) is 6.90. The van der Waals surface area contributed by atoms with E-state index in [1.807, 2.05) is 11.5 Å². The minimum Gasteiger partial charge on any atom is -0.364 e. The van der Waals surface area contributed by atoms with E-state index in [4.69, 9.17) is 0 Å². The number of imidazole rings is 1. The summed E-state index contributed by atoms with van der Waals surface area (Å²) in [7, 11) is 0. The van der Waals surface area contributed by atoms with Crippen LogP contribution in [0.5, 0.6) is 0 Å². The minimum absolute atomic E-state index is 0.0432. The van der Waals surface area contributed by atoms with Crippen LogP contribution in [0.15, 0.2) is 31.1 Å². The number of aryl methyl sites for hydroxylation is 1. The Hall–Kier alpha value is -2.71. The summed E-state index contributed by atoms with van der Waals surface area (Å²) >= 11 is 0. The van der Waals surface area contributed by atoms with Crippen molar-refractivity contribution in [1.29, 1.82) is 0 Å². The van der Waals surface area contributed by atoms with Crippen molar-refractivity contribution in [3.8, 4) is 0 Å². The van der Waals surface area contributed by atoms with Crippen LogP contribution in [-0.2, 0) is 19.3 Å². The third-order valence-corrected chi connectivity index (χ3v) is 3.40. The zero-order valence-electron chi connectivity index (χ0n) is 12.2. The van der Waals surface area contributed by atoms with Crippen molar-refractivity contribution in [2.45, 2.75) is 26.2 Å². The van der Waals surface area contributed by atoms with E-state index in [1.54, 1.807) is 6.33 Å². The van der Waals surface area contributed by atoms with E-state index in [2.05, 4.69) is 25.3 Å². The van der Waals surface area contributed by atoms with Gasteiger partial charge in [0, 0.05) is 31.0 Å². The van der Waals surface area contributed by atoms with Crippen molar-refractivity contribution in [2.75, 3.05) is 5.32 Å². The lowest BCUT2D eigenvalue weighted by Gasteiger charge is -2.13. The predicted octanol–water partition coefficient (Wildman–Crippen LogP) is 2.87. The first-order valence-corrected chi connectivity index (χ1v) is 6.90. The van der Waals surface area contributed by atoms with Crippen molar-refractivity contribution in [1.82, 2.24) is 24.5 Å². The van der Waals surface area contributed by atoms with E-state index in [0.717, 1.165) is 12.3 Å². The number of alkyl halides is 3. The Labute approximate surface area is 129 Å². The first-order chi connectivity index (χ1) is 11.0. The topological polar surface area (TPSA) is 68.5 Å². The molecule has 23 heavy (non-hydrogen) atoms. The van der Waals surface area contributed by atoms with E-state index >= 15 is 0 Å². The molecule has 3 heterocycles. The molecule has 0 radical (unpaired) electrons. The van der Waals surface area contributed by atoms with Crippen molar-refractivity contribution in [2.24, 2.45) is 0 Å². The summed E-state index contributed by atoms with van der Waals surface area (Å²) in [6.45, 7) is 2.57. The molecule has 3 aromatic heterocycles. The van der Waals surface area contributed by atoms with E-state index in [-0.39, 0.29) is 12.1 Å². The maximum atomic E-state index is 13.0. The highest BCUT2D eigenvalue weighted by Gasteiger charge is 2.33. The Kier molecular flexibility index (Phi) is 3.85. The molecule has 0 aliphatic carbocycles. The van der Waals surface area contributed by atoms with Gasteiger partial charge in [-0.3, -0.25) is 4.98 Å². The molecule has 120 valence electrons. The van der Waals surface area contributed by atoms with Gasteiger partial charge in [0.05, 0.1) is 11.9 Å². The fraction of sp³-hybridized carbons (Fsp3) is 0.286. The highest BCUT2D eigenvalue weighted by atomic mass is 19.4. The number of halogens is 3. The van der Waals surface area contributed by atoms with Gasteiger partial charge in [0.1, 0.15) is 11.8 Å². The first kappa shape index (κ1) is 15.2. The summed E-state index contributed by atoms with van der Waals surface area (Å²) in [5, 5.41) is 2.89. The third-order valence-electron chi connectivity index (χ3n) is 3.40. The summed E-state index contributed by atoms with van der Waals surface area (Å²) in [5.41, 5.74) is 0.477. The number of anilines is 1. The molecule has 0 saturated carbocycles. The molecule has 0 amide bonds. The molecule has 3 aromatic rings. The van der Waals surface area contributed by atoms with Crippen LogP contribution in [0, 0.1) is 0 Å². The standard InChI is InChI=1S/C14H13F3N6/c1-2-23-8-22-11-12(20-7-21-13(11)23)19-6-9-5-18-4-3-10(9)14(15,16)17/h3-5,7-8H,2,6H2,1H3,(H,19,20,21). The van der Waals surface area contributed by atoms with Crippen LogP contribution in [-0.4, -0.2) is 24.5 Å². The second kappa shape index (κ2) is 5.82. The van der Waals surface area contributed by atoms with Gasteiger partial charge in [-0.2, -0.15) is 13.2 Å². The molecule has 0 bridgehead atoms. The lowest BCUT2D eigenvalue weighted by molar-refractivity contribution is -0.138. The molecule has 0 saturated heterocycles. The molecule has 0 fully saturated rings. The Morgan fingerprint density at radius 2 is 2.04 bits per heavy atom. The quantitative estimate of drug-likeness (QED) is 0.800. The van der Waals surface area contributed by atoms with Gasteiger partial charge in [0.2, 0.25) is 0 Å². The number of rotatable bonds is 4. The van der Waals surface area contributed by atoms with Crippen molar-refractivity contribution < 1.29 is 13.2 Å². The van der Waals surface area contributed by atoms with Gasteiger partial charge in [-0.15, -0.1) is 0 Å². The molecule has 9 heteroatoms. The summed E-state index contributed by atoms with van der Waals surface area (Å²) in [5.74, 6) is 0.388. The van der Waals surface area contributed by atoms with Crippen LogP contribution in [0.4, 0.5) is 19.0 Å². The molecular weight excluding hydrogens is 309 g/mol. The van der Waals surface area contributed by atoms with Crippen LogP contribution in [0.3, 0.4) is 0 Å². The monoisotopic (exact) mass is 322 g/mol. The smallest absolute Gasteiger partial charge is 0.364 e. The minimum atomic E-state index is -4.43. The Balaban J connectivity index is 1.89. The number of fused-ring (bicyclic) bond motifs is 1.